The lowest BCUT2D eigenvalue weighted by Gasteiger charge is -2.27. The molecule has 0 aliphatic carbocycles. The number of aryl methyl sites for hydroxylation is 3. The summed E-state index contributed by atoms with van der Waals surface area (Å²) in [6.45, 7) is 8.17. The number of nitrogens with zero attached hydrogens (tertiary/aromatic N) is 3. The average Bonchev–Trinajstić information content (AvgIpc) is 3.06. The van der Waals surface area contributed by atoms with Crippen molar-refractivity contribution >= 4 is 11.3 Å². The molecule has 0 saturated carbocycles. The van der Waals surface area contributed by atoms with Gasteiger partial charge in [0.25, 0.3) is 0 Å². The van der Waals surface area contributed by atoms with E-state index in [-0.39, 0.29) is 0 Å². The van der Waals surface area contributed by atoms with Crippen LogP contribution in [0.2, 0.25) is 0 Å². The van der Waals surface area contributed by atoms with Crippen LogP contribution in [0.5, 0.6) is 0 Å². The Morgan fingerprint density at radius 3 is 3.04 bits per heavy atom. The van der Waals surface area contributed by atoms with Crippen LogP contribution >= 0.6 is 11.3 Å². The molecule has 0 amide bonds. The summed E-state index contributed by atoms with van der Waals surface area (Å²) in [7, 11) is 1.74. The molecule has 0 bridgehead atoms. The highest BCUT2D eigenvalue weighted by Crippen LogP contribution is 2.27. The summed E-state index contributed by atoms with van der Waals surface area (Å²) in [6.07, 6.45) is 5.26. The molecule has 126 valence electrons. The number of rotatable bonds is 6. The minimum absolute atomic E-state index is 0.333. The lowest BCUT2D eigenvalue weighted by Crippen LogP contribution is -2.38. The van der Waals surface area contributed by atoms with Crippen molar-refractivity contribution < 1.29 is 4.74 Å². The van der Waals surface area contributed by atoms with Gasteiger partial charge in [0.2, 0.25) is 0 Å². The molecule has 6 heteroatoms. The van der Waals surface area contributed by atoms with E-state index in [1.165, 1.54) is 15.7 Å². The van der Waals surface area contributed by atoms with Crippen LogP contribution in [0.15, 0.2) is 6.20 Å². The number of methoxy groups -OCH3 is 1. The number of ether oxygens (including phenoxy) is 1. The standard InChI is InChI=1S/C17H26N4OS/c1-11-9-21-10-14(5-6-15(21)18-11)19-12(2)17-13(3)20-16(23-17)7-8-22-4/h9,12,14,19H,5-8,10H2,1-4H3/t12-,14-/m0/s1. The molecule has 5 nitrogen and oxygen atoms in total. The predicted octanol–water partition coefficient (Wildman–Crippen LogP) is 2.81. The monoisotopic (exact) mass is 334 g/mol. The van der Waals surface area contributed by atoms with Crippen molar-refractivity contribution in [3.05, 3.63) is 33.3 Å². The number of thiazole rings is 1. The zero-order valence-electron chi connectivity index (χ0n) is 14.4. The number of nitrogens with one attached hydrogen (secondary N) is 1. The second-order valence-electron chi connectivity index (χ2n) is 6.37. The Hall–Kier alpha value is -1.24. The van der Waals surface area contributed by atoms with E-state index in [1.54, 1.807) is 7.11 Å². The van der Waals surface area contributed by atoms with Crippen molar-refractivity contribution in [2.45, 2.75) is 58.7 Å². The fourth-order valence-electron chi connectivity index (χ4n) is 3.32. The highest BCUT2D eigenvalue weighted by molar-refractivity contribution is 7.11. The van der Waals surface area contributed by atoms with Crippen LogP contribution in [0.4, 0.5) is 0 Å². The quantitative estimate of drug-likeness (QED) is 0.882. The first kappa shape index (κ1) is 16.6. The molecule has 2 atom stereocenters. The fourth-order valence-corrected chi connectivity index (χ4v) is 4.38. The molecule has 23 heavy (non-hydrogen) atoms. The molecule has 2 aromatic heterocycles. The largest absolute Gasteiger partial charge is 0.384 e. The van der Waals surface area contributed by atoms with Gasteiger partial charge in [-0.2, -0.15) is 0 Å². The van der Waals surface area contributed by atoms with Crippen molar-refractivity contribution in [2.24, 2.45) is 0 Å². The van der Waals surface area contributed by atoms with Crippen LogP contribution < -0.4 is 5.32 Å². The molecule has 0 aromatic carbocycles. The highest BCUT2D eigenvalue weighted by Gasteiger charge is 2.23. The van der Waals surface area contributed by atoms with E-state index >= 15 is 0 Å². The van der Waals surface area contributed by atoms with E-state index in [4.69, 9.17) is 4.74 Å². The maximum atomic E-state index is 5.15. The molecular weight excluding hydrogens is 308 g/mol. The van der Waals surface area contributed by atoms with E-state index in [1.807, 2.05) is 11.3 Å². The molecule has 0 saturated heterocycles. The zero-order valence-corrected chi connectivity index (χ0v) is 15.2. The molecular formula is C17H26N4OS. The number of hydrogen-bond donors (Lipinski definition) is 1. The van der Waals surface area contributed by atoms with Crippen LogP contribution in [0.1, 0.15) is 46.5 Å². The van der Waals surface area contributed by atoms with Crippen molar-refractivity contribution in [3.8, 4) is 0 Å². The number of aromatic nitrogens is 3. The van der Waals surface area contributed by atoms with Gasteiger partial charge in [-0.3, -0.25) is 0 Å². The van der Waals surface area contributed by atoms with Crippen LogP contribution in [0.3, 0.4) is 0 Å². The van der Waals surface area contributed by atoms with Crippen LogP contribution in [0.25, 0.3) is 0 Å². The van der Waals surface area contributed by atoms with Crippen molar-refractivity contribution in [1.82, 2.24) is 19.9 Å². The molecule has 3 rings (SSSR count). The van der Waals surface area contributed by atoms with E-state index < -0.39 is 0 Å². The normalized spacial score (nSPS) is 18.9. The van der Waals surface area contributed by atoms with Gasteiger partial charge in [0.05, 0.1) is 23.0 Å². The summed E-state index contributed by atoms with van der Waals surface area (Å²) in [5.41, 5.74) is 2.27. The van der Waals surface area contributed by atoms with Gasteiger partial charge in [0.15, 0.2) is 0 Å². The van der Waals surface area contributed by atoms with Gasteiger partial charge in [-0.15, -0.1) is 11.3 Å². The summed E-state index contributed by atoms with van der Waals surface area (Å²) < 4.78 is 7.45. The van der Waals surface area contributed by atoms with Gasteiger partial charge < -0.3 is 14.6 Å². The first-order chi connectivity index (χ1) is 11.1. The third-order valence-corrected chi connectivity index (χ3v) is 5.79. The average molecular weight is 334 g/mol. The maximum Gasteiger partial charge on any atom is 0.109 e. The van der Waals surface area contributed by atoms with Gasteiger partial charge in [-0.25, -0.2) is 9.97 Å². The molecule has 1 N–H and O–H groups in total. The second kappa shape index (κ2) is 7.11. The molecule has 1 aliphatic heterocycles. The van der Waals surface area contributed by atoms with Crippen molar-refractivity contribution in [1.29, 1.82) is 0 Å². The molecule has 1 aliphatic rings. The van der Waals surface area contributed by atoms with Crippen molar-refractivity contribution in [3.63, 3.8) is 0 Å². The third-order valence-electron chi connectivity index (χ3n) is 4.39. The second-order valence-corrected chi connectivity index (χ2v) is 7.49. The minimum Gasteiger partial charge on any atom is -0.384 e. The van der Waals surface area contributed by atoms with Crippen LogP contribution in [0, 0.1) is 13.8 Å². The minimum atomic E-state index is 0.333. The number of hydrogen-bond acceptors (Lipinski definition) is 5. The molecule has 3 heterocycles. The molecule has 0 spiro atoms. The SMILES string of the molecule is COCCc1nc(C)c([C@H](C)N[C@H]2CCc3nc(C)cn3C2)s1. The third kappa shape index (κ3) is 3.82. The fraction of sp³-hybridized carbons (Fsp3) is 0.647. The van der Waals surface area contributed by atoms with Gasteiger partial charge in [0.1, 0.15) is 5.82 Å². The molecule has 0 unspecified atom stereocenters. The zero-order chi connectivity index (χ0) is 16.4. The molecule has 2 aromatic rings. The van der Waals surface area contributed by atoms with Gasteiger partial charge >= 0.3 is 0 Å². The smallest absolute Gasteiger partial charge is 0.109 e. The Balaban J connectivity index is 1.63. The van der Waals surface area contributed by atoms with Gasteiger partial charge in [-0.1, -0.05) is 0 Å². The summed E-state index contributed by atoms with van der Waals surface area (Å²) in [5.74, 6) is 1.23. The summed E-state index contributed by atoms with van der Waals surface area (Å²) in [6, 6.07) is 0.829. The Labute approximate surface area is 142 Å². The van der Waals surface area contributed by atoms with E-state index in [2.05, 4.69) is 46.8 Å². The number of fused-ring (bicyclic) bond motifs is 1. The van der Waals surface area contributed by atoms with E-state index in [0.717, 1.165) is 43.8 Å². The highest BCUT2D eigenvalue weighted by atomic mass is 32.1. The first-order valence-corrected chi connectivity index (χ1v) is 9.12. The van der Waals surface area contributed by atoms with Gasteiger partial charge in [-0.05, 0) is 27.2 Å². The lowest BCUT2D eigenvalue weighted by molar-refractivity contribution is 0.202. The van der Waals surface area contributed by atoms with Gasteiger partial charge in [0, 0.05) is 49.7 Å². The first-order valence-electron chi connectivity index (χ1n) is 8.30. The van der Waals surface area contributed by atoms with E-state index in [0.29, 0.717) is 12.1 Å². The van der Waals surface area contributed by atoms with E-state index in [9.17, 15) is 0 Å². The van der Waals surface area contributed by atoms with Crippen molar-refractivity contribution in [2.75, 3.05) is 13.7 Å². The summed E-state index contributed by atoms with van der Waals surface area (Å²) in [5, 5.41) is 4.96. The number of imidazole rings is 1. The maximum absolute atomic E-state index is 5.15. The molecule has 0 fully saturated rings. The Morgan fingerprint density at radius 1 is 1.43 bits per heavy atom. The summed E-state index contributed by atoms with van der Waals surface area (Å²) in [4.78, 5) is 10.6. The van der Waals surface area contributed by atoms with Crippen LogP contribution in [-0.4, -0.2) is 34.3 Å². The van der Waals surface area contributed by atoms with Crippen LogP contribution in [-0.2, 0) is 24.1 Å². The molecule has 0 radical (unpaired) electrons. The topological polar surface area (TPSA) is 52.0 Å². The lowest BCUT2D eigenvalue weighted by atomic mass is 10.1. The Bertz CT molecular complexity index is 664. The predicted molar refractivity (Wildman–Crippen MR) is 93.1 cm³/mol. The summed E-state index contributed by atoms with van der Waals surface area (Å²) >= 11 is 1.81. The Kier molecular flexibility index (Phi) is 5.14. The Morgan fingerprint density at radius 2 is 2.26 bits per heavy atom.